The lowest BCUT2D eigenvalue weighted by Crippen LogP contribution is -2.35. The van der Waals surface area contributed by atoms with Gasteiger partial charge in [-0.3, -0.25) is 13.9 Å². The van der Waals surface area contributed by atoms with Crippen LogP contribution in [-0.2, 0) is 7.05 Å². The number of carbonyl (C=O) groups is 1. The molecule has 2 heterocycles. The maximum atomic E-state index is 12.9. The molecule has 2 aromatic carbocycles. The van der Waals surface area contributed by atoms with Crippen LogP contribution in [0.4, 0.5) is 0 Å². The molecule has 1 aliphatic rings. The van der Waals surface area contributed by atoms with Gasteiger partial charge in [-0.2, -0.15) is 0 Å². The van der Waals surface area contributed by atoms with Crippen molar-refractivity contribution in [3.05, 3.63) is 58.5 Å². The topological polar surface area (TPSA) is 73.3 Å². The average Bonchev–Trinajstić information content (AvgIpc) is 2.93. The average molecular weight is 364 g/mol. The summed E-state index contributed by atoms with van der Waals surface area (Å²) in [5, 5.41) is 0. The largest absolute Gasteiger partial charge is 0.366 e. The molecule has 0 aliphatic carbocycles. The molecule has 6 nitrogen and oxygen atoms in total. The van der Waals surface area contributed by atoms with Gasteiger partial charge in [0.2, 0.25) is 5.91 Å². The zero-order chi connectivity index (χ0) is 19.1. The number of aryl methyl sites for hydroxylation is 1. The molecule has 0 radical (unpaired) electrons. The molecule has 2 N–H and O–H groups in total. The number of carbonyl (C=O) groups excluding carboxylic acids is 1. The molecule has 1 aliphatic heterocycles. The van der Waals surface area contributed by atoms with Crippen molar-refractivity contribution in [2.45, 2.75) is 18.9 Å². The quantitative estimate of drug-likeness (QED) is 0.775. The molecule has 27 heavy (non-hydrogen) atoms. The minimum atomic E-state index is -0.446. The summed E-state index contributed by atoms with van der Waals surface area (Å²) in [7, 11) is 3.94. The highest BCUT2D eigenvalue weighted by molar-refractivity contribution is 5.94. The Morgan fingerprint density at radius 2 is 1.70 bits per heavy atom. The number of benzene rings is 2. The second-order valence-electron chi connectivity index (χ2n) is 7.39. The fraction of sp³-hybridized carbons (Fsp3) is 0.333. The fourth-order valence-corrected chi connectivity index (χ4v) is 4.00. The number of hydrogen-bond acceptors (Lipinski definition) is 3. The first-order chi connectivity index (χ1) is 13.0. The van der Waals surface area contributed by atoms with Crippen molar-refractivity contribution >= 4 is 16.9 Å². The second kappa shape index (κ2) is 6.70. The van der Waals surface area contributed by atoms with Gasteiger partial charge in [-0.15, -0.1) is 0 Å². The van der Waals surface area contributed by atoms with Crippen LogP contribution in [0.25, 0.3) is 22.2 Å². The summed E-state index contributed by atoms with van der Waals surface area (Å²) in [6.45, 7) is 2.01. The van der Waals surface area contributed by atoms with Crippen molar-refractivity contribution in [1.82, 2.24) is 14.0 Å². The molecule has 6 heteroatoms. The number of nitrogens with zero attached hydrogens (tertiary/aromatic N) is 3. The van der Waals surface area contributed by atoms with E-state index in [1.54, 1.807) is 16.7 Å². The smallest absolute Gasteiger partial charge is 0.329 e. The van der Waals surface area contributed by atoms with E-state index in [4.69, 9.17) is 5.73 Å². The number of fused-ring (bicyclic) bond motifs is 1. The number of amides is 1. The van der Waals surface area contributed by atoms with Crippen molar-refractivity contribution in [1.29, 1.82) is 0 Å². The summed E-state index contributed by atoms with van der Waals surface area (Å²) in [4.78, 5) is 26.7. The van der Waals surface area contributed by atoms with Crippen molar-refractivity contribution in [2.24, 2.45) is 12.8 Å². The maximum Gasteiger partial charge on any atom is 0.329 e. The Bertz CT molecular complexity index is 1070. The van der Waals surface area contributed by atoms with Crippen molar-refractivity contribution < 1.29 is 4.79 Å². The van der Waals surface area contributed by atoms with Gasteiger partial charge in [0.15, 0.2) is 0 Å². The van der Waals surface area contributed by atoms with Crippen LogP contribution in [0.2, 0.25) is 0 Å². The first-order valence-corrected chi connectivity index (χ1v) is 9.25. The second-order valence-corrected chi connectivity index (χ2v) is 7.39. The van der Waals surface area contributed by atoms with Gasteiger partial charge in [0.25, 0.3) is 0 Å². The van der Waals surface area contributed by atoms with Gasteiger partial charge < -0.3 is 10.6 Å². The van der Waals surface area contributed by atoms with E-state index < -0.39 is 5.91 Å². The summed E-state index contributed by atoms with van der Waals surface area (Å²) in [6, 6.07) is 13.5. The van der Waals surface area contributed by atoms with Crippen LogP contribution in [0.5, 0.6) is 0 Å². The zero-order valence-corrected chi connectivity index (χ0v) is 15.7. The standard InChI is InChI=1S/C21H24N4O2/c1-23-10-8-17(9-11-23)25-18-7-6-15(13-19(18)24(2)21(25)27)14-4-3-5-16(12-14)20(22)26/h3-7,12-13,17H,8-11H2,1-2H3,(H2,22,26). The maximum absolute atomic E-state index is 12.9. The predicted molar refractivity (Wildman–Crippen MR) is 107 cm³/mol. The van der Waals surface area contributed by atoms with E-state index in [0.717, 1.165) is 48.1 Å². The molecule has 0 atom stereocenters. The highest BCUT2D eigenvalue weighted by atomic mass is 16.2. The lowest BCUT2D eigenvalue weighted by atomic mass is 10.0. The molecule has 1 amide bonds. The summed E-state index contributed by atoms with van der Waals surface area (Å²) < 4.78 is 3.67. The Morgan fingerprint density at radius 3 is 2.41 bits per heavy atom. The third-order valence-electron chi connectivity index (χ3n) is 5.62. The Kier molecular flexibility index (Phi) is 4.36. The van der Waals surface area contributed by atoms with Gasteiger partial charge in [-0.05, 0) is 68.4 Å². The number of likely N-dealkylation sites (tertiary alicyclic amines) is 1. The number of nitrogens with two attached hydrogens (primary N) is 1. The van der Waals surface area contributed by atoms with Crippen molar-refractivity contribution in [3.8, 4) is 11.1 Å². The van der Waals surface area contributed by atoms with Crippen LogP contribution in [0.3, 0.4) is 0 Å². The van der Waals surface area contributed by atoms with E-state index in [1.807, 2.05) is 41.9 Å². The van der Waals surface area contributed by atoms with Crippen LogP contribution in [-0.4, -0.2) is 40.1 Å². The number of imidazole rings is 1. The van der Waals surface area contributed by atoms with Gasteiger partial charge in [0, 0.05) is 18.7 Å². The molecule has 0 unspecified atom stereocenters. The molecule has 4 rings (SSSR count). The lowest BCUT2D eigenvalue weighted by Gasteiger charge is -2.29. The third kappa shape index (κ3) is 3.06. The van der Waals surface area contributed by atoms with E-state index in [1.165, 1.54) is 0 Å². The number of primary amides is 1. The number of hydrogen-bond donors (Lipinski definition) is 1. The van der Waals surface area contributed by atoms with Gasteiger partial charge in [0.1, 0.15) is 0 Å². The lowest BCUT2D eigenvalue weighted by molar-refractivity contribution is 0.100. The summed E-state index contributed by atoms with van der Waals surface area (Å²) >= 11 is 0. The molecular weight excluding hydrogens is 340 g/mol. The number of aromatic nitrogens is 2. The molecule has 3 aromatic rings. The molecule has 0 spiro atoms. The Morgan fingerprint density at radius 1 is 1.00 bits per heavy atom. The van der Waals surface area contributed by atoms with Crippen LogP contribution in [0.15, 0.2) is 47.3 Å². The predicted octanol–water partition coefficient (Wildman–Crippen LogP) is 2.37. The van der Waals surface area contributed by atoms with Gasteiger partial charge in [-0.1, -0.05) is 18.2 Å². The van der Waals surface area contributed by atoms with Crippen LogP contribution < -0.4 is 11.4 Å². The highest BCUT2D eigenvalue weighted by Gasteiger charge is 2.23. The van der Waals surface area contributed by atoms with Crippen molar-refractivity contribution in [3.63, 3.8) is 0 Å². The monoisotopic (exact) mass is 364 g/mol. The van der Waals surface area contributed by atoms with E-state index >= 15 is 0 Å². The van der Waals surface area contributed by atoms with Crippen molar-refractivity contribution in [2.75, 3.05) is 20.1 Å². The van der Waals surface area contributed by atoms with Gasteiger partial charge >= 0.3 is 5.69 Å². The van der Waals surface area contributed by atoms with E-state index in [-0.39, 0.29) is 11.7 Å². The zero-order valence-electron chi connectivity index (χ0n) is 15.7. The normalized spacial score (nSPS) is 16.1. The fourth-order valence-electron chi connectivity index (χ4n) is 4.00. The van der Waals surface area contributed by atoms with Crippen LogP contribution in [0.1, 0.15) is 29.2 Å². The molecule has 1 fully saturated rings. The van der Waals surface area contributed by atoms with Crippen LogP contribution in [0, 0.1) is 0 Å². The van der Waals surface area contributed by atoms with Crippen LogP contribution >= 0.6 is 0 Å². The number of piperidine rings is 1. The minimum Gasteiger partial charge on any atom is -0.366 e. The third-order valence-corrected chi connectivity index (χ3v) is 5.62. The molecule has 0 saturated carbocycles. The first kappa shape index (κ1) is 17.5. The van der Waals surface area contributed by atoms with Gasteiger partial charge in [-0.25, -0.2) is 4.79 Å². The Hall–Kier alpha value is -2.86. The molecular formula is C21H24N4O2. The summed E-state index contributed by atoms with van der Waals surface area (Å²) in [6.07, 6.45) is 1.97. The molecule has 1 saturated heterocycles. The minimum absolute atomic E-state index is 0.0302. The van der Waals surface area contributed by atoms with E-state index in [2.05, 4.69) is 11.9 Å². The number of rotatable bonds is 3. The highest BCUT2D eigenvalue weighted by Crippen LogP contribution is 2.28. The summed E-state index contributed by atoms with van der Waals surface area (Å²) in [5.74, 6) is -0.446. The summed E-state index contributed by atoms with van der Waals surface area (Å²) in [5.41, 5.74) is 9.65. The SMILES string of the molecule is CN1CCC(n2c(=O)n(C)c3cc(-c4cccc(C(N)=O)c4)ccc32)CC1. The van der Waals surface area contributed by atoms with Gasteiger partial charge in [0.05, 0.1) is 11.0 Å². The van der Waals surface area contributed by atoms with E-state index in [9.17, 15) is 9.59 Å². The molecule has 140 valence electrons. The molecule has 0 bridgehead atoms. The first-order valence-electron chi connectivity index (χ1n) is 9.25. The Balaban J connectivity index is 1.80. The Labute approximate surface area is 157 Å². The van der Waals surface area contributed by atoms with E-state index in [0.29, 0.717) is 5.56 Å². The molecule has 1 aromatic heterocycles.